The summed E-state index contributed by atoms with van der Waals surface area (Å²) in [6.45, 7) is 14.5. The van der Waals surface area contributed by atoms with Crippen LogP contribution >= 0.6 is 0 Å². The fraction of sp³-hybridized carbons (Fsp3) is 1.00. The SMILES string of the molecule is CC1(C)OCCCO1.CCOC(C)(C)C. The molecule has 0 bridgehead atoms. The summed E-state index contributed by atoms with van der Waals surface area (Å²) in [6, 6.07) is 0. The second-order valence-electron chi connectivity index (χ2n) is 5.00. The Morgan fingerprint density at radius 2 is 1.60 bits per heavy atom. The highest BCUT2D eigenvalue weighted by Crippen LogP contribution is 2.15. The maximum absolute atomic E-state index is 5.24. The van der Waals surface area contributed by atoms with Crippen molar-refractivity contribution in [1.82, 2.24) is 0 Å². The molecular formula is C12H26O3. The maximum atomic E-state index is 5.24. The van der Waals surface area contributed by atoms with Crippen LogP contribution in [0.5, 0.6) is 0 Å². The van der Waals surface area contributed by atoms with E-state index in [9.17, 15) is 0 Å². The van der Waals surface area contributed by atoms with Crippen LogP contribution in [0.4, 0.5) is 0 Å². The Hall–Kier alpha value is -0.120. The fourth-order valence-electron chi connectivity index (χ4n) is 1.17. The summed E-state index contributed by atoms with van der Waals surface area (Å²) in [5.74, 6) is -0.321. The van der Waals surface area contributed by atoms with Gasteiger partial charge in [-0.3, -0.25) is 0 Å². The van der Waals surface area contributed by atoms with E-state index in [0.717, 1.165) is 26.2 Å². The summed E-state index contributed by atoms with van der Waals surface area (Å²) in [5, 5.41) is 0. The third-order valence-corrected chi connectivity index (χ3v) is 1.77. The minimum atomic E-state index is -0.321. The van der Waals surface area contributed by atoms with E-state index in [2.05, 4.69) is 20.8 Å². The molecule has 0 amide bonds. The highest BCUT2D eigenvalue weighted by atomic mass is 16.7. The molecule has 0 radical (unpaired) electrons. The smallest absolute Gasteiger partial charge is 0.162 e. The first kappa shape index (κ1) is 14.9. The fourth-order valence-corrected chi connectivity index (χ4v) is 1.17. The average molecular weight is 218 g/mol. The van der Waals surface area contributed by atoms with Crippen LogP contribution in [-0.4, -0.2) is 31.2 Å². The first-order valence-electron chi connectivity index (χ1n) is 5.69. The Labute approximate surface area is 94.1 Å². The van der Waals surface area contributed by atoms with Crippen molar-refractivity contribution in [2.75, 3.05) is 19.8 Å². The van der Waals surface area contributed by atoms with Crippen LogP contribution in [0.15, 0.2) is 0 Å². The van der Waals surface area contributed by atoms with Crippen LogP contribution in [0.3, 0.4) is 0 Å². The standard InChI is InChI=1S/C6H12O2.C6H14O/c1-6(2)7-4-3-5-8-6;1-5-7-6(2,3)4/h3-5H2,1-2H3;5H2,1-4H3. The zero-order valence-corrected chi connectivity index (χ0v) is 11.1. The van der Waals surface area contributed by atoms with Gasteiger partial charge in [0.05, 0.1) is 18.8 Å². The van der Waals surface area contributed by atoms with Gasteiger partial charge < -0.3 is 14.2 Å². The molecular weight excluding hydrogens is 192 g/mol. The lowest BCUT2D eigenvalue weighted by Gasteiger charge is -2.29. The summed E-state index contributed by atoms with van der Waals surface area (Å²) in [4.78, 5) is 0. The third kappa shape index (κ3) is 10.2. The van der Waals surface area contributed by atoms with Crippen molar-refractivity contribution in [2.24, 2.45) is 0 Å². The summed E-state index contributed by atoms with van der Waals surface area (Å²) >= 11 is 0. The number of ether oxygens (including phenoxy) is 3. The molecule has 0 aromatic carbocycles. The van der Waals surface area contributed by atoms with E-state index in [1.54, 1.807) is 0 Å². The van der Waals surface area contributed by atoms with Crippen molar-refractivity contribution in [3.05, 3.63) is 0 Å². The Balaban J connectivity index is 0.000000265. The van der Waals surface area contributed by atoms with Crippen LogP contribution in [0.2, 0.25) is 0 Å². The second kappa shape index (κ2) is 6.46. The van der Waals surface area contributed by atoms with Crippen molar-refractivity contribution in [1.29, 1.82) is 0 Å². The molecule has 0 saturated carbocycles. The van der Waals surface area contributed by atoms with Gasteiger partial charge in [-0.25, -0.2) is 0 Å². The van der Waals surface area contributed by atoms with Gasteiger partial charge in [0, 0.05) is 6.61 Å². The summed E-state index contributed by atoms with van der Waals surface area (Å²) < 4.78 is 15.7. The zero-order chi connectivity index (χ0) is 11.9. The molecule has 0 aromatic rings. The second-order valence-corrected chi connectivity index (χ2v) is 5.00. The molecule has 0 spiro atoms. The largest absolute Gasteiger partial charge is 0.376 e. The molecule has 92 valence electrons. The minimum Gasteiger partial charge on any atom is -0.376 e. The number of rotatable bonds is 1. The Morgan fingerprint density at radius 1 is 1.13 bits per heavy atom. The molecule has 0 atom stereocenters. The predicted molar refractivity (Wildman–Crippen MR) is 62.0 cm³/mol. The Bertz CT molecular complexity index is 151. The van der Waals surface area contributed by atoms with Gasteiger partial charge in [0.1, 0.15) is 0 Å². The first-order chi connectivity index (χ1) is 6.77. The summed E-state index contributed by atoms with van der Waals surface area (Å²) in [7, 11) is 0. The van der Waals surface area contributed by atoms with E-state index in [1.807, 2.05) is 20.8 Å². The molecule has 1 saturated heterocycles. The van der Waals surface area contributed by atoms with Crippen LogP contribution in [-0.2, 0) is 14.2 Å². The van der Waals surface area contributed by atoms with Gasteiger partial charge in [-0.2, -0.15) is 0 Å². The van der Waals surface area contributed by atoms with Crippen LogP contribution in [0.25, 0.3) is 0 Å². The van der Waals surface area contributed by atoms with Gasteiger partial charge in [0.2, 0.25) is 0 Å². The van der Waals surface area contributed by atoms with Gasteiger partial charge >= 0.3 is 0 Å². The third-order valence-electron chi connectivity index (χ3n) is 1.77. The molecule has 1 aliphatic heterocycles. The van der Waals surface area contributed by atoms with Crippen molar-refractivity contribution < 1.29 is 14.2 Å². The molecule has 1 fully saturated rings. The van der Waals surface area contributed by atoms with Gasteiger partial charge in [0.25, 0.3) is 0 Å². The topological polar surface area (TPSA) is 27.7 Å². The monoisotopic (exact) mass is 218 g/mol. The van der Waals surface area contributed by atoms with Crippen LogP contribution in [0, 0.1) is 0 Å². The maximum Gasteiger partial charge on any atom is 0.162 e. The lowest BCUT2D eigenvalue weighted by Crippen LogP contribution is -2.33. The van der Waals surface area contributed by atoms with E-state index in [4.69, 9.17) is 14.2 Å². The molecule has 1 rings (SSSR count). The molecule has 0 aliphatic carbocycles. The molecule has 15 heavy (non-hydrogen) atoms. The van der Waals surface area contributed by atoms with Gasteiger partial charge in [-0.1, -0.05) is 0 Å². The van der Waals surface area contributed by atoms with Crippen LogP contribution in [0.1, 0.15) is 48.0 Å². The summed E-state index contributed by atoms with van der Waals surface area (Å²) in [5.41, 5.74) is 0.0503. The quantitative estimate of drug-likeness (QED) is 0.677. The average Bonchev–Trinajstić information content (AvgIpc) is 2.02. The van der Waals surface area contributed by atoms with Gasteiger partial charge in [-0.15, -0.1) is 0 Å². The van der Waals surface area contributed by atoms with Crippen molar-refractivity contribution in [3.8, 4) is 0 Å². The molecule has 3 heteroatoms. The molecule has 0 aromatic heterocycles. The highest BCUT2D eigenvalue weighted by molar-refractivity contribution is 4.58. The lowest BCUT2D eigenvalue weighted by atomic mass is 10.2. The van der Waals surface area contributed by atoms with Crippen molar-refractivity contribution in [3.63, 3.8) is 0 Å². The lowest BCUT2D eigenvalue weighted by molar-refractivity contribution is -0.244. The number of hydrogen-bond donors (Lipinski definition) is 0. The van der Waals surface area contributed by atoms with E-state index < -0.39 is 0 Å². The molecule has 1 aliphatic rings. The van der Waals surface area contributed by atoms with E-state index in [0.29, 0.717) is 0 Å². The van der Waals surface area contributed by atoms with E-state index in [1.165, 1.54) is 0 Å². The Morgan fingerprint density at radius 3 is 1.73 bits per heavy atom. The minimum absolute atomic E-state index is 0.0503. The Kier molecular flexibility index (Phi) is 6.41. The molecule has 0 unspecified atom stereocenters. The van der Waals surface area contributed by atoms with E-state index in [-0.39, 0.29) is 11.4 Å². The molecule has 3 nitrogen and oxygen atoms in total. The molecule has 0 N–H and O–H groups in total. The summed E-state index contributed by atoms with van der Waals surface area (Å²) in [6.07, 6.45) is 1.03. The van der Waals surface area contributed by atoms with Gasteiger partial charge in [-0.05, 0) is 48.0 Å². The first-order valence-corrected chi connectivity index (χ1v) is 5.69. The van der Waals surface area contributed by atoms with Crippen LogP contribution < -0.4 is 0 Å². The van der Waals surface area contributed by atoms with E-state index >= 15 is 0 Å². The number of hydrogen-bond acceptors (Lipinski definition) is 3. The highest BCUT2D eigenvalue weighted by Gasteiger charge is 2.21. The van der Waals surface area contributed by atoms with Gasteiger partial charge in [0.15, 0.2) is 5.79 Å². The van der Waals surface area contributed by atoms with Crippen molar-refractivity contribution >= 4 is 0 Å². The zero-order valence-electron chi connectivity index (χ0n) is 11.1. The van der Waals surface area contributed by atoms with Crippen molar-refractivity contribution in [2.45, 2.75) is 59.4 Å². The normalized spacial score (nSPS) is 20.4. The molecule has 1 heterocycles. The predicted octanol–water partition coefficient (Wildman–Crippen LogP) is 2.98.